The van der Waals surface area contributed by atoms with Crippen LogP contribution in [-0.2, 0) is 0 Å². The van der Waals surface area contributed by atoms with Crippen LogP contribution in [0.1, 0.15) is 39.8 Å². The summed E-state index contributed by atoms with van der Waals surface area (Å²) in [5.74, 6) is 0.650. The lowest BCUT2D eigenvalue weighted by atomic mass is 10.00. The number of hydrogen-bond donors (Lipinski definition) is 2. The number of anilines is 1. The molecule has 1 aromatic carbocycles. The van der Waals surface area contributed by atoms with Crippen LogP contribution in [0.5, 0.6) is 5.75 Å². The number of hydrogen-bond acceptors (Lipinski definition) is 4. The quantitative estimate of drug-likeness (QED) is 0.718. The van der Waals surface area contributed by atoms with Gasteiger partial charge < -0.3 is 19.8 Å². The molecule has 4 rings (SSSR count). The van der Waals surface area contributed by atoms with Crippen molar-refractivity contribution in [3.63, 3.8) is 0 Å². The lowest BCUT2D eigenvalue weighted by Gasteiger charge is -2.28. The van der Waals surface area contributed by atoms with Crippen molar-refractivity contribution < 1.29 is 9.53 Å². The minimum atomic E-state index is -0.142. The molecule has 0 saturated heterocycles. The van der Waals surface area contributed by atoms with Gasteiger partial charge >= 0.3 is 0 Å². The summed E-state index contributed by atoms with van der Waals surface area (Å²) in [5, 5.41) is 6.90. The zero-order valence-corrected chi connectivity index (χ0v) is 16.2. The molecule has 2 aromatic heterocycles. The second kappa shape index (κ2) is 6.78. The van der Waals surface area contributed by atoms with E-state index in [2.05, 4.69) is 15.6 Å². The average Bonchev–Trinajstić information content (AvgIpc) is 2.96. The van der Waals surface area contributed by atoms with Crippen molar-refractivity contribution in [2.75, 3.05) is 19.0 Å². The van der Waals surface area contributed by atoms with Crippen LogP contribution in [0.25, 0.3) is 5.65 Å². The third-order valence-electron chi connectivity index (χ3n) is 5.04. The molecule has 0 aliphatic carbocycles. The summed E-state index contributed by atoms with van der Waals surface area (Å²) in [4.78, 5) is 16.9. The molecule has 1 aliphatic rings. The number of nitrogens with one attached hydrogen (secondary N) is 2. The molecule has 2 N–H and O–H groups in total. The molecule has 1 aliphatic heterocycles. The fraction of sp³-hybridized carbons (Fsp3) is 0.300. The van der Waals surface area contributed by atoms with E-state index in [9.17, 15) is 4.79 Å². The second-order valence-corrected chi connectivity index (χ2v) is 7.09. The number of halogens is 1. The molecule has 1 amide bonds. The SMILES string of the molecule is CNC(=O)c1cc(NC2CCOc3cccc(Cl)c32)c2nc(C)c(C)n2c1. The Morgan fingerprint density at radius 3 is 2.96 bits per heavy atom. The summed E-state index contributed by atoms with van der Waals surface area (Å²) in [6.45, 7) is 4.56. The number of rotatable bonds is 3. The largest absolute Gasteiger partial charge is 0.493 e. The zero-order valence-electron chi connectivity index (χ0n) is 15.5. The Balaban J connectivity index is 1.83. The predicted octanol–water partition coefficient (Wildman–Crippen LogP) is 3.90. The highest BCUT2D eigenvalue weighted by Crippen LogP contribution is 2.39. The van der Waals surface area contributed by atoms with Crippen molar-refractivity contribution >= 4 is 28.8 Å². The van der Waals surface area contributed by atoms with Gasteiger partial charge in [0.1, 0.15) is 5.75 Å². The fourth-order valence-electron chi connectivity index (χ4n) is 3.49. The van der Waals surface area contributed by atoms with Gasteiger partial charge in [-0.05, 0) is 32.0 Å². The molecule has 140 valence electrons. The number of aromatic nitrogens is 2. The summed E-state index contributed by atoms with van der Waals surface area (Å²) in [7, 11) is 1.63. The van der Waals surface area contributed by atoms with E-state index in [-0.39, 0.29) is 11.9 Å². The highest BCUT2D eigenvalue weighted by Gasteiger charge is 2.25. The maximum atomic E-state index is 12.3. The topological polar surface area (TPSA) is 67.7 Å². The monoisotopic (exact) mass is 384 g/mol. The Morgan fingerprint density at radius 2 is 2.19 bits per heavy atom. The van der Waals surface area contributed by atoms with Crippen molar-refractivity contribution in [3.05, 3.63) is 58.0 Å². The zero-order chi connectivity index (χ0) is 19.1. The number of carbonyl (C=O) groups excluding carboxylic acids is 1. The van der Waals surface area contributed by atoms with E-state index in [1.54, 1.807) is 7.05 Å². The Bertz CT molecular complexity index is 1040. The molecule has 0 spiro atoms. The van der Waals surface area contributed by atoms with Crippen LogP contribution in [0.3, 0.4) is 0 Å². The smallest absolute Gasteiger partial charge is 0.252 e. The van der Waals surface area contributed by atoms with Crippen LogP contribution < -0.4 is 15.4 Å². The Labute approximate surface area is 162 Å². The van der Waals surface area contributed by atoms with E-state index in [0.717, 1.165) is 40.5 Å². The standard InChI is InChI=1S/C20H21ClN4O2/c1-11-12(2)25-10-13(20(26)22-3)9-16(19(25)23-11)24-15-7-8-27-17-6-4-5-14(21)18(15)17/h4-6,9-10,15,24H,7-8H2,1-3H3,(H,22,26). The van der Waals surface area contributed by atoms with E-state index >= 15 is 0 Å². The van der Waals surface area contributed by atoms with Gasteiger partial charge in [-0.15, -0.1) is 0 Å². The maximum Gasteiger partial charge on any atom is 0.252 e. The molecule has 27 heavy (non-hydrogen) atoms. The predicted molar refractivity (Wildman–Crippen MR) is 106 cm³/mol. The van der Waals surface area contributed by atoms with E-state index in [4.69, 9.17) is 16.3 Å². The van der Waals surface area contributed by atoms with E-state index < -0.39 is 0 Å². The van der Waals surface area contributed by atoms with Crippen molar-refractivity contribution in [3.8, 4) is 5.75 Å². The number of amides is 1. The van der Waals surface area contributed by atoms with Gasteiger partial charge in [-0.2, -0.15) is 0 Å². The molecule has 0 bridgehead atoms. The highest BCUT2D eigenvalue weighted by atomic mass is 35.5. The molecule has 0 saturated carbocycles. The van der Waals surface area contributed by atoms with Crippen LogP contribution in [0.15, 0.2) is 30.5 Å². The molecule has 6 nitrogen and oxygen atoms in total. The fourth-order valence-corrected chi connectivity index (χ4v) is 3.79. The summed E-state index contributed by atoms with van der Waals surface area (Å²) < 4.78 is 7.71. The van der Waals surface area contributed by atoms with Crippen LogP contribution >= 0.6 is 11.6 Å². The van der Waals surface area contributed by atoms with Gasteiger partial charge in [0.25, 0.3) is 5.91 Å². The summed E-state index contributed by atoms with van der Waals surface area (Å²) in [5.41, 5.74) is 5.03. The third kappa shape index (κ3) is 3.00. The Kier molecular flexibility index (Phi) is 4.44. The molecule has 1 atom stereocenters. The highest BCUT2D eigenvalue weighted by molar-refractivity contribution is 6.31. The molecule has 3 aromatic rings. The molecule has 0 fully saturated rings. The molecule has 1 unspecified atom stereocenters. The lowest BCUT2D eigenvalue weighted by Crippen LogP contribution is -2.22. The van der Waals surface area contributed by atoms with Gasteiger partial charge in [0.05, 0.1) is 29.6 Å². The van der Waals surface area contributed by atoms with Gasteiger partial charge in [-0.1, -0.05) is 17.7 Å². The van der Waals surface area contributed by atoms with E-state index in [0.29, 0.717) is 17.2 Å². The van der Waals surface area contributed by atoms with Crippen molar-refractivity contribution in [2.45, 2.75) is 26.3 Å². The first-order chi connectivity index (χ1) is 13.0. The number of fused-ring (bicyclic) bond motifs is 2. The molecule has 7 heteroatoms. The van der Waals surface area contributed by atoms with Gasteiger partial charge in [-0.25, -0.2) is 4.98 Å². The second-order valence-electron chi connectivity index (χ2n) is 6.68. The summed E-state index contributed by atoms with van der Waals surface area (Å²) in [6, 6.07) is 7.49. The summed E-state index contributed by atoms with van der Waals surface area (Å²) in [6.07, 6.45) is 2.59. The number of aryl methyl sites for hydroxylation is 2. The number of pyridine rings is 1. The lowest BCUT2D eigenvalue weighted by molar-refractivity contribution is 0.0962. The number of nitrogens with zero attached hydrogens (tertiary/aromatic N) is 2. The van der Waals surface area contributed by atoms with Crippen LogP contribution in [0, 0.1) is 13.8 Å². The average molecular weight is 385 g/mol. The van der Waals surface area contributed by atoms with Crippen LogP contribution in [0.4, 0.5) is 5.69 Å². The molecular formula is C20H21ClN4O2. The first kappa shape index (κ1) is 17.7. The van der Waals surface area contributed by atoms with Gasteiger partial charge in [0, 0.05) is 35.9 Å². The first-order valence-electron chi connectivity index (χ1n) is 8.88. The summed E-state index contributed by atoms with van der Waals surface area (Å²) >= 11 is 6.45. The van der Waals surface area contributed by atoms with Crippen molar-refractivity contribution in [1.82, 2.24) is 14.7 Å². The molecule has 0 radical (unpaired) electrons. The Hall–Kier alpha value is -2.73. The third-order valence-corrected chi connectivity index (χ3v) is 5.37. The normalized spacial score (nSPS) is 15.9. The number of carbonyl (C=O) groups is 1. The minimum Gasteiger partial charge on any atom is -0.493 e. The van der Waals surface area contributed by atoms with Gasteiger partial charge in [0.15, 0.2) is 5.65 Å². The maximum absolute atomic E-state index is 12.3. The van der Waals surface area contributed by atoms with Gasteiger partial charge in [-0.3, -0.25) is 4.79 Å². The first-order valence-corrected chi connectivity index (χ1v) is 9.26. The number of benzene rings is 1. The van der Waals surface area contributed by atoms with Crippen LogP contribution in [-0.4, -0.2) is 28.9 Å². The van der Waals surface area contributed by atoms with Crippen molar-refractivity contribution in [1.29, 1.82) is 0 Å². The Morgan fingerprint density at radius 1 is 1.37 bits per heavy atom. The number of imidazole rings is 1. The van der Waals surface area contributed by atoms with Crippen LogP contribution in [0.2, 0.25) is 5.02 Å². The van der Waals surface area contributed by atoms with E-state index in [1.807, 2.05) is 48.7 Å². The van der Waals surface area contributed by atoms with Crippen molar-refractivity contribution in [2.24, 2.45) is 0 Å². The van der Waals surface area contributed by atoms with E-state index in [1.165, 1.54) is 0 Å². The van der Waals surface area contributed by atoms with Gasteiger partial charge in [0.2, 0.25) is 0 Å². The minimum absolute atomic E-state index is 0.0245. The number of ether oxygens (including phenoxy) is 1. The molecule has 3 heterocycles. The molecular weight excluding hydrogens is 364 g/mol.